The SMILES string of the molecule is C[C@@H](Cc1ccsc1)B(O)O. The van der Waals surface area contributed by atoms with E-state index in [1.165, 1.54) is 5.56 Å². The first kappa shape index (κ1) is 8.78. The van der Waals surface area contributed by atoms with Crippen LogP contribution in [0.2, 0.25) is 5.82 Å². The monoisotopic (exact) mass is 170 g/mol. The Morgan fingerprint density at radius 1 is 1.64 bits per heavy atom. The van der Waals surface area contributed by atoms with Crippen LogP contribution in [0.5, 0.6) is 0 Å². The molecule has 1 heterocycles. The Bertz CT molecular complexity index is 198. The van der Waals surface area contributed by atoms with Crippen molar-refractivity contribution >= 4 is 18.5 Å². The summed E-state index contributed by atoms with van der Waals surface area (Å²) < 4.78 is 0. The third kappa shape index (κ3) is 2.65. The Labute approximate surface area is 70.6 Å². The van der Waals surface area contributed by atoms with Crippen LogP contribution in [0.15, 0.2) is 16.8 Å². The van der Waals surface area contributed by atoms with Gasteiger partial charge < -0.3 is 10.0 Å². The van der Waals surface area contributed by atoms with E-state index in [-0.39, 0.29) is 5.82 Å². The van der Waals surface area contributed by atoms with Crippen molar-refractivity contribution in [1.29, 1.82) is 0 Å². The lowest BCUT2D eigenvalue weighted by atomic mass is 9.71. The summed E-state index contributed by atoms with van der Waals surface area (Å²) in [5.41, 5.74) is 1.18. The van der Waals surface area contributed by atoms with Crippen LogP contribution in [0.25, 0.3) is 0 Å². The molecule has 60 valence electrons. The standard InChI is InChI=1S/C7H11BO2S/c1-6(8(9)10)4-7-2-3-11-5-7/h2-3,5-6,9-10H,4H2,1H3/t6-/m0/s1. The summed E-state index contributed by atoms with van der Waals surface area (Å²) in [6.45, 7) is 1.82. The predicted octanol–water partition coefficient (Wildman–Crippen LogP) is 1.15. The normalized spacial score (nSPS) is 13.0. The molecule has 0 aliphatic carbocycles. The molecule has 0 unspecified atom stereocenters. The summed E-state index contributed by atoms with van der Waals surface area (Å²) in [7, 11) is -1.20. The molecule has 2 nitrogen and oxygen atoms in total. The fourth-order valence-electron chi connectivity index (χ4n) is 0.886. The van der Waals surface area contributed by atoms with Gasteiger partial charge >= 0.3 is 7.12 Å². The lowest BCUT2D eigenvalue weighted by Crippen LogP contribution is -2.19. The van der Waals surface area contributed by atoms with E-state index >= 15 is 0 Å². The maximum absolute atomic E-state index is 8.78. The first-order chi connectivity index (χ1) is 5.20. The van der Waals surface area contributed by atoms with Gasteiger partial charge in [-0.3, -0.25) is 0 Å². The van der Waals surface area contributed by atoms with Crippen LogP contribution in [-0.2, 0) is 6.42 Å². The molecule has 0 saturated heterocycles. The predicted molar refractivity (Wildman–Crippen MR) is 47.6 cm³/mol. The highest BCUT2D eigenvalue weighted by atomic mass is 32.1. The Morgan fingerprint density at radius 2 is 2.36 bits per heavy atom. The number of thiophene rings is 1. The van der Waals surface area contributed by atoms with Crippen molar-refractivity contribution in [2.45, 2.75) is 19.2 Å². The van der Waals surface area contributed by atoms with Gasteiger partial charge in [0.1, 0.15) is 0 Å². The third-order valence-electron chi connectivity index (χ3n) is 1.65. The van der Waals surface area contributed by atoms with Gasteiger partial charge in [0.2, 0.25) is 0 Å². The van der Waals surface area contributed by atoms with E-state index in [0.717, 1.165) is 6.42 Å². The van der Waals surface area contributed by atoms with Gasteiger partial charge in [-0.1, -0.05) is 6.92 Å². The van der Waals surface area contributed by atoms with Crippen molar-refractivity contribution in [2.75, 3.05) is 0 Å². The molecule has 1 rings (SSSR count). The molecule has 0 aliphatic heterocycles. The van der Waals surface area contributed by atoms with E-state index in [1.54, 1.807) is 11.3 Å². The van der Waals surface area contributed by atoms with Crippen LogP contribution in [0.1, 0.15) is 12.5 Å². The largest absolute Gasteiger partial charge is 0.454 e. The fraction of sp³-hybridized carbons (Fsp3) is 0.429. The summed E-state index contributed by atoms with van der Waals surface area (Å²) in [5.74, 6) is -0.0791. The number of hydrogen-bond acceptors (Lipinski definition) is 3. The second-order valence-corrected chi connectivity index (χ2v) is 3.51. The molecular weight excluding hydrogens is 159 g/mol. The maximum Gasteiger partial charge on any atom is 0.454 e. The molecule has 0 aliphatic rings. The van der Waals surface area contributed by atoms with E-state index < -0.39 is 7.12 Å². The molecule has 11 heavy (non-hydrogen) atoms. The van der Waals surface area contributed by atoms with Crippen LogP contribution in [0, 0.1) is 0 Å². The second-order valence-electron chi connectivity index (χ2n) is 2.73. The fourth-order valence-corrected chi connectivity index (χ4v) is 1.57. The molecule has 1 atom stereocenters. The smallest absolute Gasteiger partial charge is 0.427 e. The van der Waals surface area contributed by atoms with Gasteiger partial charge in [-0.15, -0.1) is 0 Å². The highest BCUT2D eigenvalue weighted by molar-refractivity contribution is 7.07. The lowest BCUT2D eigenvalue weighted by Gasteiger charge is -2.06. The number of hydrogen-bond donors (Lipinski definition) is 2. The quantitative estimate of drug-likeness (QED) is 0.668. The summed E-state index contributed by atoms with van der Waals surface area (Å²) in [6.07, 6.45) is 0.737. The average Bonchev–Trinajstić information content (AvgIpc) is 2.39. The molecule has 0 saturated carbocycles. The van der Waals surface area contributed by atoms with Crippen molar-refractivity contribution in [2.24, 2.45) is 0 Å². The zero-order valence-corrected chi connectivity index (χ0v) is 7.21. The van der Waals surface area contributed by atoms with Crippen molar-refractivity contribution in [1.82, 2.24) is 0 Å². The lowest BCUT2D eigenvalue weighted by molar-refractivity contribution is 0.387. The zero-order valence-electron chi connectivity index (χ0n) is 6.40. The molecule has 0 bridgehead atoms. The second kappa shape index (κ2) is 3.90. The Hall–Kier alpha value is -0.315. The van der Waals surface area contributed by atoms with Crippen LogP contribution < -0.4 is 0 Å². The van der Waals surface area contributed by atoms with Crippen molar-refractivity contribution in [3.63, 3.8) is 0 Å². The summed E-state index contributed by atoms with van der Waals surface area (Å²) >= 11 is 1.63. The van der Waals surface area contributed by atoms with Crippen LogP contribution >= 0.6 is 11.3 Å². The van der Waals surface area contributed by atoms with Crippen molar-refractivity contribution in [3.05, 3.63) is 22.4 Å². The first-order valence-corrected chi connectivity index (χ1v) is 4.51. The highest BCUT2D eigenvalue weighted by Crippen LogP contribution is 2.16. The summed E-state index contributed by atoms with van der Waals surface area (Å²) in [6, 6.07) is 2.00. The third-order valence-corrected chi connectivity index (χ3v) is 2.38. The van der Waals surface area contributed by atoms with Gasteiger partial charge in [-0.25, -0.2) is 0 Å². The van der Waals surface area contributed by atoms with E-state index in [4.69, 9.17) is 10.0 Å². The van der Waals surface area contributed by atoms with Gasteiger partial charge in [-0.05, 0) is 34.6 Å². The minimum atomic E-state index is -1.20. The molecule has 0 amide bonds. The van der Waals surface area contributed by atoms with Crippen molar-refractivity contribution < 1.29 is 10.0 Å². The highest BCUT2D eigenvalue weighted by Gasteiger charge is 2.17. The maximum atomic E-state index is 8.78. The average molecular weight is 170 g/mol. The summed E-state index contributed by atoms with van der Waals surface area (Å²) in [4.78, 5) is 0. The molecule has 0 aromatic carbocycles. The minimum absolute atomic E-state index is 0.0791. The Kier molecular flexibility index (Phi) is 3.11. The molecule has 0 spiro atoms. The van der Waals surface area contributed by atoms with E-state index in [9.17, 15) is 0 Å². The van der Waals surface area contributed by atoms with Crippen LogP contribution in [0.4, 0.5) is 0 Å². The van der Waals surface area contributed by atoms with Crippen LogP contribution in [0.3, 0.4) is 0 Å². The first-order valence-electron chi connectivity index (χ1n) is 3.57. The van der Waals surface area contributed by atoms with Gasteiger partial charge in [-0.2, -0.15) is 11.3 Å². The molecule has 1 aromatic rings. The van der Waals surface area contributed by atoms with E-state index in [1.807, 2.05) is 23.8 Å². The van der Waals surface area contributed by atoms with Crippen molar-refractivity contribution in [3.8, 4) is 0 Å². The topological polar surface area (TPSA) is 40.5 Å². The van der Waals surface area contributed by atoms with Gasteiger partial charge in [0, 0.05) is 0 Å². The van der Waals surface area contributed by atoms with E-state index in [0.29, 0.717) is 0 Å². The van der Waals surface area contributed by atoms with Gasteiger partial charge in [0.25, 0.3) is 0 Å². The minimum Gasteiger partial charge on any atom is -0.427 e. The Balaban J connectivity index is 2.43. The molecule has 1 aromatic heterocycles. The molecule has 0 radical (unpaired) electrons. The molecule has 0 fully saturated rings. The molecular formula is C7H11BO2S. The molecule has 2 N–H and O–H groups in total. The van der Waals surface area contributed by atoms with E-state index in [2.05, 4.69) is 0 Å². The molecule has 4 heteroatoms. The van der Waals surface area contributed by atoms with Gasteiger partial charge in [0.05, 0.1) is 0 Å². The Morgan fingerprint density at radius 3 is 2.82 bits per heavy atom. The summed E-state index contributed by atoms with van der Waals surface area (Å²) in [5, 5.41) is 21.6. The van der Waals surface area contributed by atoms with Gasteiger partial charge in [0.15, 0.2) is 0 Å². The van der Waals surface area contributed by atoms with Crippen LogP contribution in [-0.4, -0.2) is 17.2 Å². The zero-order chi connectivity index (χ0) is 8.27. The number of rotatable bonds is 3.